The summed E-state index contributed by atoms with van der Waals surface area (Å²) >= 11 is 0. The normalized spacial score (nSPS) is 12.1. The molecule has 0 bridgehead atoms. The molecule has 0 atom stereocenters. The van der Waals surface area contributed by atoms with E-state index in [2.05, 4.69) is 37.0 Å². The Balaban J connectivity index is 2.11. The smallest absolute Gasteiger partial charge is 0.223 e. The summed E-state index contributed by atoms with van der Waals surface area (Å²) in [6, 6.07) is 5.80. The van der Waals surface area contributed by atoms with Crippen LogP contribution in [0, 0.1) is 6.92 Å². The molecule has 1 N–H and O–H groups in total. The molecule has 0 spiro atoms. The van der Waals surface area contributed by atoms with Crippen LogP contribution in [0.1, 0.15) is 43.6 Å². The fourth-order valence-corrected chi connectivity index (χ4v) is 2.17. The molecule has 0 saturated carbocycles. The van der Waals surface area contributed by atoms with Gasteiger partial charge < -0.3 is 9.63 Å². The molecule has 5 nitrogen and oxygen atoms in total. The molecule has 2 rings (SSSR count). The second-order valence-electron chi connectivity index (χ2n) is 6.50. The Kier molecular flexibility index (Phi) is 4.32. The van der Waals surface area contributed by atoms with E-state index in [1.807, 2.05) is 18.0 Å². The van der Waals surface area contributed by atoms with E-state index in [-0.39, 0.29) is 5.41 Å². The van der Waals surface area contributed by atoms with Gasteiger partial charge in [-0.25, -0.2) is 0 Å². The summed E-state index contributed by atoms with van der Waals surface area (Å²) in [5.74, 6) is 1.54. The summed E-state index contributed by atoms with van der Waals surface area (Å²) in [7, 11) is 1.97. The molecule has 1 aromatic carbocycles. The maximum Gasteiger partial charge on any atom is 0.223 e. The zero-order chi connectivity index (χ0) is 15.6. The maximum atomic E-state index is 10.0. The van der Waals surface area contributed by atoms with E-state index in [0.717, 1.165) is 5.56 Å². The summed E-state index contributed by atoms with van der Waals surface area (Å²) < 4.78 is 4.97. The highest BCUT2D eigenvalue weighted by Gasteiger charge is 2.16. The van der Waals surface area contributed by atoms with Crippen molar-refractivity contribution >= 4 is 0 Å². The standard InChI is InChI=1S/C16H23N3O2/c1-11-17-15(18-21-11)10-19(5)9-12-8-13(16(2,3)4)6-7-14(12)20/h6-8,20H,9-10H2,1-5H3. The third-order valence-corrected chi connectivity index (χ3v) is 3.37. The van der Waals surface area contributed by atoms with Gasteiger partial charge in [0.2, 0.25) is 5.89 Å². The lowest BCUT2D eigenvalue weighted by molar-refractivity contribution is 0.295. The Bertz CT molecular complexity index is 614. The SMILES string of the molecule is Cc1nc(CN(C)Cc2cc(C(C)(C)C)ccc2O)no1. The number of rotatable bonds is 4. The van der Waals surface area contributed by atoms with Crippen molar-refractivity contribution in [2.45, 2.75) is 46.2 Å². The molecule has 21 heavy (non-hydrogen) atoms. The van der Waals surface area contributed by atoms with E-state index in [9.17, 15) is 5.11 Å². The van der Waals surface area contributed by atoms with Gasteiger partial charge in [-0.3, -0.25) is 4.90 Å². The first-order valence-corrected chi connectivity index (χ1v) is 7.06. The number of hydrogen-bond acceptors (Lipinski definition) is 5. The van der Waals surface area contributed by atoms with Gasteiger partial charge in [-0.15, -0.1) is 0 Å². The second-order valence-corrected chi connectivity index (χ2v) is 6.50. The Hall–Kier alpha value is -1.88. The van der Waals surface area contributed by atoms with Crippen molar-refractivity contribution in [3.05, 3.63) is 41.0 Å². The van der Waals surface area contributed by atoms with Crippen LogP contribution in [0.4, 0.5) is 0 Å². The predicted molar refractivity (Wildman–Crippen MR) is 81.0 cm³/mol. The van der Waals surface area contributed by atoms with E-state index < -0.39 is 0 Å². The molecular weight excluding hydrogens is 266 g/mol. The van der Waals surface area contributed by atoms with Gasteiger partial charge in [-0.05, 0) is 24.1 Å². The van der Waals surface area contributed by atoms with Crippen LogP contribution in [0.3, 0.4) is 0 Å². The lowest BCUT2D eigenvalue weighted by Crippen LogP contribution is -2.19. The van der Waals surface area contributed by atoms with Gasteiger partial charge in [-0.1, -0.05) is 38.1 Å². The van der Waals surface area contributed by atoms with Crippen molar-refractivity contribution in [3.63, 3.8) is 0 Å². The van der Waals surface area contributed by atoms with Crippen LogP contribution in [0.25, 0.3) is 0 Å². The molecule has 1 heterocycles. The van der Waals surface area contributed by atoms with Crippen LogP contribution in [0.5, 0.6) is 5.75 Å². The van der Waals surface area contributed by atoms with Gasteiger partial charge in [0.25, 0.3) is 0 Å². The van der Waals surface area contributed by atoms with Crippen molar-refractivity contribution < 1.29 is 9.63 Å². The molecule has 0 aliphatic rings. The number of aryl methyl sites for hydroxylation is 1. The summed E-state index contributed by atoms with van der Waals surface area (Å²) in [5.41, 5.74) is 2.18. The Morgan fingerprint density at radius 1 is 1.24 bits per heavy atom. The first-order valence-electron chi connectivity index (χ1n) is 7.06. The zero-order valence-electron chi connectivity index (χ0n) is 13.3. The molecule has 5 heteroatoms. The molecule has 0 aliphatic heterocycles. The largest absolute Gasteiger partial charge is 0.508 e. The van der Waals surface area contributed by atoms with E-state index in [0.29, 0.717) is 30.6 Å². The van der Waals surface area contributed by atoms with Crippen molar-refractivity contribution in [2.24, 2.45) is 0 Å². The third kappa shape index (κ3) is 4.04. The van der Waals surface area contributed by atoms with Gasteiger partial charge >= 0.3 is 0 Å². The Labute approximate surface area is 125 Å². The molecule has 0 radical (unpaired) electrons. The average molecular weight is 289 g/mol. The van der Waals surface area contributed by atoms with Crippen LogP contribution in [-0.2, 0) is 18.5 Å². The summed E-state index contributed by atoms with van der Waals surface area (Å²) in [6.45, 7) is 9.47. The van der Waals surface area contributed by atoms with Crippen LogP contribution in [-0.4, -0.2) is 27.2 Å². The highest BCUT2D eigenvalue weighted by molar-refractivity contribution is 5.38. The Morgan fingerprint density at radius 2 is 1.95 bits per heavy atom. The lowest BCUT2D eigenvalue weighted by Gasteiger charge is -2.22. The summed E-state index contributed by atoms with van der Waals surface area (Å²) in [6.07, 6.45) is 0. The van der Waals surface area contributed by atoms with Crippen LogP contribution < -0.4 is 0 Å². The summed E-state index contributed by atoms with van der Waals surface area (Å²) in [4.78, 5) is 6.24. The van der Waals surface area contributed by atoms with Crippen molar-refractivity contribution in [1.29, 1.82) is 0 Å². The van der Waals surface area contributed by atoms with Crippen LogP contribution >= 0.6 is 0 Å². The van der Waals surface area contributed by atoms with Gasteiger partial charge in [0.05, 0.1) is 6.54 Å². The molecule has 1 aromatic heterocycles. The Morgan fingerprint density at radius 3 is 2.52 bits per heavy atom. The highest BCUT2D eigenvalue weighted by atomic mass is 16.5. The quantitative estimate of drug-likeness (QED) is 0.937. The van der Waals surface area contributed by atoms with E-state index in [4.69, 9.17) is 4.52 Å². The number of phenolic OH excluding ortho intramolecular Hbond substituents is 1. The minimum atomic E-state index is 0.0613. The molecule has 2 aromatic rings. The van der Waals surface area contributed by atoms with E-state index in [1.54, 1.807) is 13.0 Å². The van der Waals surface area contributed by atoms with Crippen LogP contribution in [0.15, 0.2) is 22.7 Å². The van der Waals surface area contributed by atoms with Gasteiger partial charge in [0, 0.05) is 19.0 Å². The minimum absolute atomic E-state index is 0.0613. The first-order chi connectivity index (χ1) is 9.75. The topological polar surface area (TPSA) is 62.4 Å². The fourth-order valence-electron chi connectivity index (χ4n) is 2.17. The van der Waals surface area contributed by atoms with Gasteiger partial charge in [-0.2, -0.15) is 4.98 Å². The number of benzene rings is 1. The fraction of sp³-hybridized carbons (Fsp3) is 0.500. The number of aromatic nitrogens is 2. The first kappa shape index (κ1) is 15.5. The van der Waals surface area contributed by atoms with Crippen molar-refractivity contribution in [1.82, 2.24) is 15.0 Å². The lowest BCUT2D eigenvalue weighted by atomic mass is 9.86. The number of phenols is 1. The molecule has 0 unspecified atom stereocenters. The van der Waals surface area contributed by atoms with Gasteiger partial charge in [0.1, 0.15) is 5.75 Å². The highest BCUT2D eigenvalue weighted by Crippen LogP contribution is 2.28. The van der Waals surface area contributed by atoms with E-state index >= 15 is 0 Å². The summed E-state index contributed by atoms with van der Waals surface area (Å²) in [5, 5.41) is 13.9. The average Bonchev–Trinajstić information content (AvgIpc) is 2.76. The van der Waals surface area contributed by atoms with Gasteiger partial charge in [0.15, 0.2) is 5.82 Å². The van der Waals surface area contributed by atoms with Crippen molar-refractivity contribution in [2.75, 3.05) is 7.05 Å². The van der Waals surface area contributed by atoms with Crippen molar-refractivity contribution in [3.8, 4) is 5.75 Å². The molecule has 114 valence electrons. The third-order valence-electron chi connectivity index (χ3n) is 3.37. The number of hydrogen-bond donors (Lipinski definition) is 1. The monoisotopic (exact) mass is 289 g/mol. The minimum Gasteiger partial charge on any atom is -0.508 e. The molecule has 0 fully saturated rings. The molecule has 0 aliphatic carbocycles. The van der Waals surface area contributed by atoms with E-state index in [1.165, 1.54) is 5.56 Å². The molecular formula is C16H23N3O2. The van der Waals surface area contributed by atoms with Crippen LogP contribution in [0.2, 0.25) is 0 Å². The molecule has 0 saturated heterocycles. The second kappa shape index (κ2) is 5.85. The maximum absolute atomic E-state index is 10.0. The zero-order valence-corrected chi connectivity index (χ0v) is 13.3. The molecule has 0 amide bonds. The number of nitrogens with zero attached hydrogens (tertiary/aromatic N) is 3. The predicted octanol–water partition coefficient (Wildman–Crippen LogP) is 3.01. The number of aromatic hydroxyl groups is 1.